The summed E-state index contributed by atoms with van der Waals surface area (Å²) in [6.07, 6.45) is -7.77. The van der Waals surface area contributed by atoms with E-state index in [4.69, 9.17) is 11.6 Å². The van der Waals surface area contributed by atoms with Crippen LogP contribution in [0, 0.1) is 0 Å². The van der Waals surface area contributed by atoms with Gasteiger partial charge in [-0.2, -0.15) is 26.3 Å². The second kappa shape index (κ2) is 7.22. The Hall–Kier alpha value is -2.69. The van der Waals surface area contributed by atoms with Gasteiger partial charge in [-0.05, 0) is 24.3 Å². The van der Waals surface area contributed by atoms with Gasteiger partial charge in [-0.1, -0.05) is 11.6 Å². The number of rotatable bonds is 2. The van der Waals surface area contributed by atoms with Crippen LogP contribution < -0.4 is 9.80 Å². The molecule has 1 fully saturated rings. The number of hydrogen-bond donors (Lipinski definition) is 1. The first kappa shape index (κ1) is 20.6. The maximum Gasteiger partial charge on any atom is 0.419 e. The summed E-state index contributed by atoms with van der Waals surface area (Å²) < 4.78 is 78.6. The number of nitrogens with zero attached hydrogens (tertiary/aromatic N) is 4. The fourth-order valence-electron chi connectivity index (χ4n) is 3.38. The molecule has 3 heterocycles. The maximum atomic E-state index is 13.2. The van der Waals surface area contributed by atoms with Gasteiger partial charge < -0.3 is 14.8 Å². The molecule has 1 N–H and O–H groups in total. The summed E-state index contributed by atoms with van der Waals surface area (Å²) in [5, 5.41) is -0.135. The van der Waals surface area contributed by atoms with Gasteiger partial charge in [-0.15, -0.1) is 0 Å². The van der Waals surface area contributed by atoms with Gasteiger partial charge in [0.15, 0.2) is 0 Å². The number of halogens is 7. The summed E-state index contributed by atoms with van der Waals surface area (Å²) >= 11 is 5.96. The highest BCUT2D eigenvalue weighted by atomic mass is 35.5. The van der Waals surface area contributed by atoms with Gasteiger partial charge in [0.1, 0.15) is 11.3 Å². The lowest BCUT2D eigenvalue weighted by molar-refractivity contribution is -0.138. The number of pyridine rings is 1. The highest BCUT2D eigenvalue weighted by molar-refractivity contribution is 6.35. The van der Waals surface area contributed by atoms with Gasteiger partial charge in [-0.25, -0.2) is 9.97 Å². The minimum atomic E-state index is -4.55. The normalized spacial score (nSPS) is 15.8. The van der Waals surface area contributed by atoms with Crippen molar-refractivity contribution >= 4 is 34.4 Å². The average molecular weight is 450 g/mol. The molecule has 1 aromatic carbocycles. The lowest BCUT2D eigenvalue weighted by Gasteiger charge is -2.36. The molecular weight excluding hydrogens is 436 g/mol. The van der Waals surface area contributed by atoms with E-state index in [2.05, 4.69) is 15.0 Å². The number of anilines is 2. The van der Waals surface area contributed by atoms with Crippen LogP contribution in [0.15, 0.2) is 30.5 Å². The standard InChI is InChI=1S/C18H14ClF6N5/c19-12-8-10(17(20,21)22)9-13-14(12)28-16(27-13)30-6-4-29(5-7-30)15-11(18(23,24)25)2-1-3-26-15/h1-3,8-9H,4-7H2,(H,27,28). The van der Waals surface area contributed by atoms with Crippen molar-refractivity contribution in [3.05, 3.63) is 46.6 Å². The van der Waals surface area contributed by atoms with E-state index in [0.717, 1.165) is 18.2 Å². The number of benzene rings is 1. The Labute approximate surface area is 171 Å². The number of imidazole rings is 1. The summed E-state index contributed by atoms with van der Waals surface area (Å²) in [4.78, 5) is 14.3. The summed E-state index contributed by atoms with van der Waals surface area (Å²) in [5.41, 5.74) is -1.37. The minimum Gasteiger partial charge on any atom is -0.353 e. The smallest absolute Gasteiger partial charge is 0.353 e. The molecule has 1 aliphatic heterocycles. The number of H-pyrrole nitrogens is 1. The zero-order valence-electron chi connectivity index (χ0n) is 15.1. The zero-order chi connectivity index (χ0) is 21.7. The van der Waals surface area contributed by atoms with Crippen LogP contribution in [-0.4, -0.2) is 41.1 Å². The number of piperazine rings is 1. The number of hydrogen-bond acceptors (Lipinski definition) is 4. The Kier molecular flexibility index (Phi) is 4.95. The molecule has 12 heteroatoms. The van der Waals surface area contributed by atoms with E-state index >= 15 is 0 Å². The lowest BCUT2D eigenvalue weighted by atomic mass is 10.2. The molecule has 30 heavy (non-hydrogen) atoms. The zero-order valence-corrected chi connectivity index (χ0v) is 15.9. The summed E-state index contributed by atoms with van der Waals surface area (Å²) in [5.74, 6) is 0.162. The summed E-state index contributed by atoms with van der Waals surface area (Å²) in [7, 11) is 0. The van der Waals surface area contributed by atoms with Crippen molar-refractivity contribution in [3.63, 3.8) is 0 Å². The van der Waals surface area contributed by atoms with Crippen molar-refractivity contribution in [2.45, 2.75) is 12.4 Å². The van der Waals surface area contributed by atoms with Crippen molar-refractivity contribution in [2.24, 2.45) is 0 Å². The molecule has 2 aromatic heterocycles. The predicted octanol–water partition coefficient (Wildman–Crippen LogP) is 4.98. The molecule has 1 aliphatic rings. The molecule has 160 valence electrons. The van der Waals surface area contributed by atoms with Gasteiger partial charge in [0, 0.05) is 32.4 Å². The number of aromatic nitrogens is 3. The number of aromatic amines is 1. The molecule has 0 amide bonds. The summed E-state index contributed by atoms with van der Waals surface area (Å²) in [6, 6.07) is 3.95. The van der Waals surface area contributed by atoms with E-state index in [0.29, 0.717) is 19.0 Å². The molecule has 4 rings (SSSR count). The third-order valence-corrected chi connectivity index (χ3v) is 5.11. The molecule has 0 bridgehead atoms. The van der Waals surface area contributed by atoms with Crippen LogP contribution in [0.2, 0.25) is 5.02 Å². The number of nitrogens with one attached hydrogen (secondary N) is 1. The van der Waals surface area contributed by atoms with E-state index in [1.807, 2.05) is 0 Å². The van der Waals surface area contributed by atoms with E-state index < -0.39 is 23.5 Å². The molecule has 0 atom stereocenters. The fraction of sp³-hybridized carbons (Fsp3) is 0.333. The van der Waals surface area contributed by atoms with Crippen LogP contribution in [-0.2, 0) is 12.4 Å². The third-order valence-electron chi connectivity index (χ3n) is 4.83. The van der Waals surface area contributed by atoms with E-state index in [-0.39, 0.29) is 35.0 Å². The molecule has 3 aromatic rings. The second-order valence-electron chi connectivity index (χ2n) is 6.76. The SMILES string of the molecule is FC(F)(F)c1cc(Cl)c2nc(N3CCN(c4ncccc4C(F)(F)F)CC3)[nH]c2c1. The largest absolute Gasteiger partial charge is 0.419 e. The summed E-state index contributed by atoms with van der Waals surface area (Å²) in [6.45, 7) is 1.08. The van der Waals surface area contributed by atoms with Crippen molar-refractivity contribution in [3.8, 4) is 0 Å². The first-order valence-electron chi connectivity index (χ1n) is 8.82. The quantitative estimate of drug-likeness (QED) is 0.561. The Balaban J connectivity index is 1.55. The Morgan fingerprint density at radius 3 is 2.23 bits per heavy atom. The minimum absolute atomic E-state index is 0.135. The van der Waals surface area contributed by atoms with E-state index in [1.54, 1.807) is 4.90 Å². The molecular formula is C18H14ClF6N5. The average Bonchev–Trinajstić information content (AvgIpc) is 3.12. The monoisotopic (exact) mass is 449 g/mol. The highest BCUT2D eigenvalue weighted by Crippen LogP contribution is 2.37. The van der Waals surface area contributed by atoms with Crippen LogP contribution >= 0.6 is 11.6 Å². The fourth-order valence-corrected chi connectivity index (χ4v) is 3.64. The van der Waals surface area contributed by atoms with Crippen LogP contribution in [0.4, 0.5) is 38.1 Å². The molecule has 1 saturated heterocycles. The van der Waals surface area contributed by atoms with Gasteiger partial charge in [0.2, 0.25) is 5.95 Å². The Morgan fingerprint density at radius 1 is 0.933 bits per heavy atom. The van der Waals surface area contributed by atoms with Crippen molar-refractivity contribution in [1.82, 2.24) is 15.0 Å². The first-order valence-corrected chi connectivity index (χ1v) is 9.20. The molecule has 0 radical (unpaired) electrons. The van der Waals surface area contributed by atoms with Gasteiger partial charge >= 0.3 is 12.4 Å². The van der Waals surface area contributed by atoms with Crippen molar-refractivity contribution in [1.29, 1.82) is 0 Å². The molecule has 0 aliphatic carbocycles. The second-order valence-corrected chi connectivity index (χ2v) is 7.17. The Bertz CT molecular complexity index is 1070. The van der Waals surface area contributed by atoms with Crippen molar-refractivity contribution in [2.75, 3.05) is 36.0 Å². The highest BCUT2D eigenvalue weighted by Gasteiger charge is 2.36. The maximum absolute atomic E-state index is 13.2. The number of alkyl halides is 6. The van der Waals surface area contributed by atoms with Crippen molar-refractivity contribution < 1.29 is 26.3 Å². The van der Waals surface area contributed by atoms with Crippen LogP contribution in [0.1, 0.15) is 11.1 Å². The van der Waals surface area contributed by atoms with Gasteiger partial charge in [0.05, 0.1) is 21.7 Å². The molecule has 0 spiro atoms. The van der Waals surface area contributed by atoms with Gasteiger partial charge in [-0.3, -0.25) is 0 Å². The number of fused-ring (bicyclic) bond motifs is 1. The van der Waals surface area contributed by atoms with Gasteiger partial charge in [0.25, 0.3) is 0 Å². The molecule has 0 unspecified atom stereocenters. The van der Waals surface area contributed by atoms with E-state index in [9.17, 15) is 26.3 Å². The Morgan fingerprint density at radius 2 is 1.60 bits per heavy atom. The van der Waals surface area contributed by atoms with E-state index in [1.165, 1.54) is 17.2 Å². The topological polar surface area (TPSA) is 48.1 Å². The lowest BCUT2D eigenvalue weighted by Crippen LogP contribution is -2.47. The predicted molar refractivity (Wildman–Crippen MR) is 99.8 cm³/mol. The molecule has 0 saturated carbocycles. The van der Waals surface area contributed by atoms with Crippen LogP contribution in [0.25, 0.3) is 11.0 Å². The van der Waals surface area contributed by atoms with Crippen LogP contribution in [0.3, 0.4) is 0 Å². The van der Waals surface area contributed by atoms with Crippen LogP contribution in [0.5, 0.6) is 0 Å². The third kappa shape index (κ3) is 3.85. The first-order chi connectivity index (χ1) is 14.0. The molecule has 5 nitrogen and oxygen atoms in total.